The highest BCUT2D eigenvalue weighted by atomic mass is 79.9. The number of benzene rings is 1. The highest BCUT2D eigenvalue weighted by Crippen LogP contribution is 2.46. The largest absolute Gasteiger partial charge is 0.540 e. The fourth-order valence-corrected chi connectivity index (χ4v) is 13.4. The van der Waals surface area contributed by atoms with E-state index < -0.39 is 36.0 Å². The molecule has 0 atom stereocenters. The molecule has 14 heteroatoms. The second-order valence-corrected chi connectivity index (χ2v) is 20.2. The quantitative estimate of drug-likeness (QED) is 0.179. The predicted molar refractivity (Wildman–Crippen MR) is 172 cm³/mol. The van der Waals surface area contributed by atoms with E-state index in [0.29, 0.717) is 33.9 Å². The molecule has 1 aliphatic heterocycles. The molecule has 0 spiro atoms. The molecule has 1 saturated heterocycles. The lowest BCUT2D eigenvalue weighted by Gasteiger charge is -2.42. The molecule has 0 bridgehead atoms. The van der Waals surface area contributed by atoms with Gasteiger partial charge < -0.3 is 9.74 Å². The summed E-state index contributed by atoms with van der Waals surface area (Å²) in [5.41, 5.74) is 0.249. The second-order valence-electron chi connectivity index (χ2n) is 12.0. The van der Waals surface area contributed by atoms with E-state index >= 15 is 0 Å². The second kappa shape index (κ2) is 13.0. The van der Waals surface area contributed by atoms with Gasteiger partial charge in [0.25, 0.3) is 14.2 Å². The summed E-state index contributed by atoms with van der Waals surface area (Å²) >= 11 is 3.43. The van der Waals surface area contributed by atoms with Crippen molar-refractivity contribution in [2.75, 3.05) is 16.6 Å². The third-order valence-electron chi connectivity index (χ3n) is 8.27. The third kappa shape index (κ3) is 6.76. The molecule has 44 heavy (non-hydrogen) atoms. The standard InChI is InChI=1S/C30H38BrF3N4O4SSi/c1-18(2)44(19(3)4,20(5)6)42-27-25-23(13-14-24(31)36-25)28(38-15-7-8-16-43(38,40)41)37-26(27)29(39)35-17-21-9-11-22(12-10-21)30(32,33)34/h9-14,18-20H,7-8,15-17H2,1-6H3,(H,35,39). The van der Waals surface area contributed by atoms with Crippen molar-refractivity contribution in [3.63, 3.8) is 0 Å². The van der Waals surface area contributed by atoms with E-state index in [1.807, 2.05) is 0 Å². The molecule has 3 heterocycles. The van der Waals surface area contributed by atoms with Crippen LogP contribution in [0.2, 0.25) is 16.6 Å². The molecule has 4 rings (SSSR count). The first-order valence-electron chi connectivity index (χ1n) is 14.6. The van der Waals surface area contributed by atoms with Crippen molar-refractivity contribution in [1.29, 1.82) is 0 Å². The molecule has 3 aromatic rings. The van der Waals surface area contributed by atoms with Gasteiger partial charge in [0.05, 0.1) is 11.3 Å². The van der Waals surface area contributed by atoms with Crippen molar-refractivity contribution in [1.82, 2.24) is 15.3 Å². The lowest BCUT2D eigenvalue weighted by Crippen LogP contribution is -2.51. The van der Waals surface area contributed by atoms with E-state index in [2.05, 4.69) is 62.8 Å². The molecule has 0 radical (unpaired) electrons. The van der Waals surface area contributed by atoms with E-state index in [4.69, 9.17) is 14.4 Å². The Hall–Kier alpha value is -2.71. The van der Waals surface area contributed by atoms with Crippen LogP contribution in [0.4, 0.5) is 19.0 Å². The van der Waals surface area contributed by atoms with Gasteiger partial charge in [-0.3, -0.25) is 9.10 Å². The van der Waals surface area contributed by atoms with Crippen LogP contribution in [0.25, 0.3) is 10.9 Å². The van der Waals surface area contributed by atoms with E-state index in [1.165, 1.54) is 16.4 Å². The number of hydrogen-bond donors (Lipinski definition) is 1. The lowest BCUT2D eigenvalue weighted by molar-refractivity contribution is -0.137. The number of alkyl halides is 3. The molecule has 1 aromatic carbocycles. The van der Waals surface area contributed by atoms with Gasteiger partial charge in [-0.15, -0.1) is 0 Å². The number of nitrogens with zero attached hydrogens (tertiary/aromatic N) is 3. The normalized spacial score (nSPS) is 15.8. The molecule has 1 amide bonds. The molecular weight excluding hydrogens is 677 g/mol. The topological polar surface area (TPSA) is 101 Å². The first kappa shape index (κ1) is 34.2. The van der Waals surface area contributed by atoms with Crippen molar-refractivity contribution in [2.24, 2.45) is 0 Å². The van der Waals surface area contributed by atoms with Gasteiger partial charge in [-0.25, -0.2) is 18.4 Å². The van der Waals surface area contributed by atoms with Crippen molar-refractivity contribution in [3.8, 4) is 5.75 Å². The van der Waals surface area contributed by atoms with Crippen molar-refractivity contribution < 1.29 is 30.8 Å². The van der Waals surface area contributed by atoms with E-state index in [9.17, 15) is 26.4 Å². The molecule has 0 unspecified atom stereocenters. The number of hydrogen-bond acceptors (Lipinski definition) is 6. The SMILES string of the molecule is CC(C)[Si](Oc1c(C(=O)NCc2ccc(C(F)(F)F)cc2)nc(N2CCCCS2(=O)=O)c2ccc(Br)nc12)(C(C)C)C(C)C. The van der Waals surface area contributed by atoms with E-state index in [1.54, 1.807) is 12.1 Å². The molecular formula is C30H38BrF3N4O4SSi. The average Bonchev–Trinajstić information content (AvgIpc) is 2.93. The monoisotopic (exact) mass is 714 g/mol. The minimum absolute atomic E-state index is 0.0437. The summed E-state index contributed by atoms with van der Waals surface area (Å²) in [5, 5.41) is 3.20. The summed E-state index contributed by atoms with van der Waals surface area (Å²) in [6, 6.07) is 7.92. The zero-order valence-corrected chi connectivity index (χ0v) is 29.0. The number of aromatic nitrogens is 2. The number of pyridine rings is 2. The van der Waals surface area contributed by atoms with Gasteiger partial charge in [-0.2, -0.15) is 13.2 Å². The maximum absolute atomic E-state index is 14.0. The van der Waals surface area contributed by atoms with Gasteiger partial charge in [0.2, 0.25) is 10.0 Å². The first-order valence-corrected chi connectivity index (χ1v) is 19.2. The van der Waals surface area contributed by atoms with Crippen LogP contribution in [0.3, 0.4) is 0 Å². The van der Waals surface area contributed by atoms with Gasteiger partial charge in [0.15, 0.2) is 17.3 Å². The van der Waals surface area contributed by atoms with Crippen LogP contribution in [0, 0.1) is 0 Å². The van der Waals surface area contributed by atoms with Crippen molar-refractivity contribution >= 4 is 56.9 Å². The Kier molecular flexibility index (Phi) is 10.1. The summed E-state index contributed by atoms with van der Waals surface area (Å²) in [7, 11) is -6.40. The number of nitrogens with one attached hydrogen (secondary N) is 1. The van der Waals surface area contributed by atoms with Crippen LogP contribution in [0.15, 0.2) is 41.0 Å². The summed E-state index contributed by atoms with van der Waals surface area (Å²) in [6.45, 7) is 12.7. The molecule has 1 N–H and O–H groups in total. The van der Waals surface area contributed by atoms with E-state index in [-0.39, 0.29) is 52.7 Å². The Balaban J connectivity index is 1.91. The summed E-state index contributed by atoms with van der Waals surface area (Å²) in [5.74, 6) is -0.430. The van der Waals surface area contributed by atoms with Gasteiger partial charge in [0.1, 0.15) is 10.1 Å². The summed E-state index contributed by atoms with van der Waals surface area (Å²) < 4.78 is 74.4. The number of fused-ring (bicyclic) bond motifs is 1. The predicted octanol–water partition coefficient (Wildman–Crippen LogP) is 7.83. The fourth-order valence-electron chi connectivity index (χ4n) is 6.19. The smallest absolute Gasteiger partial charge is 0.416 e. The van der Waals surface area contributed by atoms with Crippen LogP contribution in [0.1, 0.15) is 76.0 Å². The molecule has 0 aliphatic carbocycles. The number of carbonyl (C=O) groups excluding carboxylic acids is 1. The van der Waals surface area contributed by atoms with Crippen molar-refractivity contribution in [3.05, 3.63) is 57.8 Å². The Labute approximate surface area is 266 Å². The molecule has 2 aromatic heterocycles. The fraction of sp³-hybridized carbons (Fsp3) is 0.500. The Bertz CT molecular complexity index is 1610. The van der Waals surface area contributed by atoms with Gasteiger partial charge in [-0.05, 0) is 75.2 Å². The van der Waals surface area contributed by atoms with Crippen LogP contribution < -0.4 is 14.0 Å². The molecule has 8 nitrogen and oxygen atoms in total. The Morgan fingerprint density at radius 1 is 1.00 bits per heavy atom. The number of amides is 1. The van der Waals surface area contributed by atoms with Gasteiger partial charge in [-0.1, -0.05) is 53.7 Å². The zero-order chi connectivity index (χ0) is 32.6. The molecule has 1 fully saturated rings. The third-order valence-corrected chi connectivity index (χ3v) is 16.5. The average molecular weight is 716 g/mol. The minimum Gasteiger partial charge on any atom is -0.540 e. The Morgan fingerprint density at radius 3 is 2.16 bits per heavy atom. The van der Waals surface area contributed by atoms with Crippen LogP contribution in [-0.4, -0.2) is 44.9 Å². The summed E-state index contributed by atoms with van der Waals surface area (Å²) in [4.78, 5) is 23.4. The molecule has 0 saturated carbocycles. The van der Waals surface area contributed by atoms with E-state index in [0.717, 1.165) is 12.1 Å². The molecule has 1 aliphatic rings. The van der Waals surface area contributed by atoms with Crippen LogP contribution in [-0.2, 0) is 22.7 Å². The summed E-state index contributed by atoms with van der Waals surface area (Å²) in [6.07, 6.45) is -3.33. The van der Waals surface area contributed by atoms with Crippen LogP contribution >= 0.6 is 15.9 Å². The first-order chi connectivity index (χ1) is 20.5. The maximum atomic E-state index is 14.0. The van der Waals surface area contributed by atoms with Gasteiger partial charge >= 0.3 is 6.18 Å². The number of anilines is 1. The number of rotatable bonds is 9. The number of carbonyl (C=O) groups is 1. The maximum Gasteiger partial charge on any atom is 0.416 e. The zero-order valence-electron chi connectivity index (χ0n) is 25.6. The highest BCUT2D eigenvalue weighted by molar-refractivity contribution is 9.10. The minimum atomic E-state index is -4.48. The van der Waals surface area contributed by atoms with Gasteiger partial charge in [0, 0.05) is 18.5 Å². The molecule has 240 valence electrons. The highest BCUT2D eigenvalue weighted by Gasteiger charge is 2.48. The number of halogens is 4. The van der Waals surface area contributed by atoms with Crippen molar-refractivity contribution in [2.45, 2.75) is 83.7 Å². The lowest BCUT2D eigenvalue weighted by atomic mass is 10.1. The Morgan fingerprint density at radius 2 is 1.61 bits per heavy atom. The van der Waals surface area contributed by atoms with Crippen LogP contribution in [0.5, 0.6) is 5.75 Å². The number of sulfonamides is 1.